The van der Waals surface area contributed by atoms with E-state index >= 15 is 0 Å². The Bertz CT molecular complexity index is 85.6. The molecule has 1 N–H and O–H groups in total. The second-order valence-electron chi connectivity index (χ2n) is 3.31. The van der Waals surface area contributed by atoms with Crippen molar-refractivity contribution >= 4 is 0 Å². The lowest BCUT2D eigenvalue weighted by Gasteiger charge is -2.20. The Kier molecular flexibility index (Phi) is 4.55. The van der Waals surface area contributed by atoms with Crippen molar-refractivity contribution in [1.82, 2.24) is 10.4 Å². The minimum atomic E-state index is 1.14. The first-order valence-electron chi connectivity index (χ1n) is 4.92. The first kappa shape index (κ1) is 9.01. The van der Waals surface area contributed by atoms with E-state index in [9.17, 15) is 0 Å². The van der Waals surface area contributed by atoms with E-state index in [4.69, 9.17) is 0 Å². The van der Waals surface area contributed by atoms with Crippen molar-refractivity contribution in [3.05, 3.63) is 0 Å². The topological polar surface area (TPSA) is 15.3 Å². The molecule has 0 aromatic rings. The van der Waals surface area contributed by atoms with Crippen LogP contribution in [0.25, 0.3) is 0 Å². The lowest BCUT2D eigenvalue weighted by molar-refractivity contribution is 0.196. The summed E-state index contributed by atoms with van der Waals surface area (Å²) in [5.74, 6) is 0. The zero-order chi connectivity index (χ0) is 7.94. The summed E-state index contributed by atoms with van der Waals surface area (Å²) in [6.07, 6.45) is 6.82. The smallest absolute Gasteiger partial charge is 0.0130 e. The second-order valence-corrected chi connectivity index (χ2v) is 3.31. The van der Waals surface area contributed by atoms with Crippen LogP contribution in [0, 0.1) is 0 Å². The Morgan fingerprint density at radius 2 is 1.73 bits per heavy atom. The minimum absolute atomic E-state index is 1.14. The molecule has 0 atom stereocenters. The number of hydrogen-bond donors (Lipinski definition) is 1. The molecule has 0 radical (unpaired) electrons. The number of hydrazine groups is 1. The van der Waals surface area contributed by atoms with Crippen LogP contribution >= 0.6 is 0 Å². The monoisotopic (exact) mass is 156 g/mol. The molecule has 0 unspecified atom stereocenters. The van der Waals surface area contributed by atoms with E-state index in [2.05, 4.69) is 17.4 Å². The third kappa shape index (κ3) is 3.73. The van der Waals surface area contributed by atoms with Gasteiger partial charge in [0.1, 0.15) is 0 Å². The van der Waals surface area contributed by atoms with E-state index < -0.39 is 0 Å². The summed E-state index contributed by atoms with van der Waals surface area (Å²) in [7, 11) is 0. The molecule has 0 amide bonds. The Morgan fingerprint density at radius 3 is 2.27 bits per heavy atom. The van der Waals surface area contributed by atoms with Gasteiger partial charge in [0.25, 0.3) is 0 Å². The molecular weight excluding hydrogens is 136 g/mol. The van der Waals surface area contributed by atoms with E-state index in [0.717, 1.165) is 6.54 Å². The second kappa shape index (κ2) is 5.56. The highest BCUT2D eigenvalue weighted by molar-refractivity contribution is 4.58. The molecule has 0 bridgehead atoms. The zero-order valence-corrected chi connectivity index (χ0v) is 7.60. The van der Waals surface area contributed by atoms with Crippen LogP contribution in [0.5, 0.6) is 0 Å². The average molecular weight is 156 g/mol. The fourth-order valence-electron chi connectivity index (χ4n) is 1.50. The molecule has 1 fully saturated rings. The van der Waals surface area contributed by atoms with Crippen molar-refractivity contribution < 1.29 is 0 Å². The summed E-state index contributed by atoms with van der Waals surface area (Å²) in [6, 6.07) is 0. The van der Waals surface area contributed by atoms with Crippen LogP contribution < -0.4 is 5.43 Å². The van der Waals surface area contributed by atoms with Crippen molar-refractivity contribution in [2.75, 3.05) is 19.6 Å². The molecule has 66 valence electrons. The largest absolute Gasteiger partial charge is 0.255 e. The van der Waals surface area contributed by atoms with Gasteiger partial charge >= 0.3 is 0 Å². The fraction of sp³-hybridized carbons (Fsp3) is 1.00. The van der Waals surface area contributed by atoms with Crippen LogP contribution in [0.15, 0.2) is 0 Å². The molecule has 1 heterocycles. The third-order valence-corrected chi connectivity index (χ3v) is 2.19. The molecular formula is C9H20N2. The number of rotatable bonds is 3. The van der Waals surface area contributed by atoms with Crippen molar-refractivity contribution in [3.8, 4) is 0 Å². The lowest BCUT2D eigenvalue weighted by atomic mass is 10.2. The molecule has 0 aliphatic carbocycles. The molecule has 0 saturated carbocycles. The van der Waals surface area contributed by atoms with Gasteiger partial charge in [-0.15, -0.1) is 0 Å². The Hall–Kier alpha value is -0.0800. The van der Waals surface area contributed by atoms with Gasteiger partial charge in [0.05, 0.1) is 0 Å². The first-order chi connectivity index (χ1) is 5.43. The number of hydrogen-bond acceptors (Lipinski definition) is 2. The van der Waals surface area contributed by atoms with Crippen LogP contribution in [-0.2, 0) is 0 Å². The predicted molar refractivity (Wildman–Crippen MR) is 48.3 cm³/mol. The minimum Gasteiger partial charge on any atom is -0.255 e. The quantitative estimate of drug-likeness (QED) is 0.670. The van der Waals surface area contributed by atoms with Crippen LogP contribution in [-0.4, -0.2) is 24.6 Å². The van der Waals surface area contributed by atoms with Crippen molar-refractivity contribution in [2.45, 2.75) is 39.0 Å². The number of nitrogens with one attached hydrogen (secondary N) is 1. The Balaban J connectivity index is 2.09. The van der Waals surface area contributed by atoms with Crippen LogP contribution in [0.3, 0.4) is 0 Å². The molecule has 2 heteroatoms. The van der Waals surface area contributed by atoms with Gasteiger partial charge in [-0.2, -0.15) is 0 Å². The summed E-state index contributed by atoms with van der Waals surface area (Å²) in [4.78, 5) is 0. The van der Waals surface area contributed by atoms with Crippen molar-refractivity contribution in [2.24, 2.45) is 0 Å². The molecule has 1 saturated heterocycles. The van der Waals surface area contributed by atoms with Crippen molar-refractivity contribution in [3.63, 3.8) is 0 Å². The highest BCUT2D eigenvalue weighted by Gasteiger charge is 2.06. The predicted octanol–water partition coefficient (Wildman–Crippen LogP) is 1.78. The van der Waals surface area contributed by atoms with Crippen LogP contribution in [0.1, 0.15) is 39.0 Å². The molecule has 1 rings (SSSR count). The first-order valence-corrected chi connectivity index (χ1v) is 4.92. The van der Waals surface area contributed by atoms with E-state index in [-0.39, 0.29) is 0 Å². The van der Waals surface area contributed by atoms with Gasteiger partial charge in [0.2, 0.25) is 0 Å². The van der Waals surface area contributed by atoms with E-state index in [1.54, 1.807) is 0 Å². The maximum atomic E-state index is 3.44. The van der Waals surface area contributed by atoms with E-state index in [0.29, 0.717) is 0 Å². The van der Waals surface area contributed by atoms with Crippen molar-refractivity contribution in [1.29, 1.82) is 0 Å². The van der Waals surface area contributed by atoms with Crippen LogP contribution in [0.2, 0.25) is 0 Å². The highest BCUT2D eigenvalue weighted by Crippen LogP contribution is 2.07. The normalized spacial score (nSPS) is 21.5. The molecule has 0 aromatic carbocycles. The molecule has 11 heavy (non-hydrogen) atoms. The molecule has 0 aromatic heterocycles. The zero-order valence-electron chi connectivity index (χ0n) is 7.60. The van der Waals surface area contributed by atoms with Gasteiger partial charge in [-0.05, 0) is 19.3 Å². The average Bonchev–Trinajstić information content (AvgIpc) is 2.28. The summed E-state index contributed by atoms with van der Waals surface area (Å²) in [5, 5.41) is 2.39. The van der Waals surface area contributed by atoms with E-state index in [1.165, 1.54) is 45.2 Å². The Labute approximate surface area is 69.9 Å². The molecule has 1 aliphatic heterocycles. The summed E-state index contributed by atoms with van der Waals surface area (Å²) < 4.78 is 0. The molecule has 0 spiro atoms. The third-order valence-electron chi connectivity index (χ3n) is 2.19. The van der Waals surface area contributed by atoms with Crippen LogP contribution in [0.4, 0.5) is 0 Å². The van der Waals surface area contributed by atoms with Gasteiger partial charge in [-0.25, -0.2) is 5.01 Å². The van der Waals surface area contributed by atoms with E-state index in [1.807, 2.05) is 0 Å². The van der Waals surface area contributed by atoms with Gasteiger partial charge in [-0.1, -0.05) is 19.8 Å². The van der Waals surface area contributed by atoms with Gasteiger partial charge in [0, 0.05) is 19.6 Å². The summed E-state index contributed by atoms with van der Waals surface area (Å²) >= 11 is 0. The standard InChI is InChI=1S/C9H20N2/c1-2-7-10-11-8-5-3-4-6-9-11/h10H,2-9H2,1H3. The summed E-state index contributed by atoms with van der Waals surface area (Å²) in [6.45, 7) is 5.85. The van der Waals surface area contributed by atoms with Gasteiger partial charge < -0.3 is 0 Å². The fourth-order valence-corrected chi connectivity index (χ4v) is 1.50. The molecule has 2 nitrogen and oxygen atoms in total. The number of nitrogens with zero attached hydrogens (tertiary/aromatic N) is 1. The maximum absolute atomic E-state index is 3.44. The lowest BCUT2D eigenvalue weighted by Crippen LogP contribution is -2.38. The summed E-state index contributed by atoms with van der Waals surface area (Å²) in [5.41, 5.74) is 3.44. The SMILES string of the molecule is CCCNN1CCCCCC1. The van der Waals surface area contributed by atoms with Gasteiger partial charge in [-0.3, -0.25) is 5.43 Å². The molecule has 1 aliphatic rings. The Morgan fingerprint density at radius 1 is 1.09 bits per heavy atom. The maximum Gasteiger partial charge on any atom is 0.0130 e. The highest BCUT2D eigenvalue weighted by atomic mass is 15.5. The van der Waals surface area contributed by atoms with Gasteiger partial charge in [0.15, 0.2) is 0 Å².